The molecule has 8 heteroatoms. The highest BCUT2D eigenvalue weighted by atomic mass is 32.2. The van der Waals surface area contributed by atoms with Gasteiger partial charge in [-0.05, 0) is 56.6 Å². The number of carbonyl (C=O) groups excluding carboxylic acids is 1. The van der Waals surface area contributed by atoms with E-state index in [9.17, 15) is 4.79 Å². The smallest absolute Gasteiger partial charge is 0.232 e. The molecule has 1 N–H and O–H groups in total. The van der Waals surface area contributed by atoms with Crippen molar-refractivity contribution in [3.63, 3.8) is 0 Å². The number of amides is 1. The van der Waals surface area contributed by atoms with E-state index >= 15 is 0 Å². The van der Waals surface area contributed by atoms with Crippen LogP contribution in [0.3, 0.4) is 0 Å². The second-order valence-electron chi connectivity index (χ2n) is 8.61. The Labute approximate surface area is 181 Å². The number of aryl methyl sites for hydroxylation is 1. The molecule has 2 aromatic rings. The summed E-state index contributed by atoms with van der Waals surface area (Å²) in [5.74, 6) is 2.70. The molecule has 1 saturated heterocycles. The summed E-state index contributed by atoms with van der Waals surface area (Å²) < 4.78 is 7.57. The number of benzene rings is 1. The standard InChI is InChI=1S/C22H29N5O2S/c1-15-2-8-18(9-3-15)27-21(26-10-12-29-13-11-26)24-25-22(27)30-14-19(28)23-20(16-4-5-16)17-6-7-17/h2-3,8-9,16-17,20H,4-7,10-14H2,1H3,(H,23,28). The van der Waals surface area contributed by atoms with Crippen molar-refractivity contribution in [2.75, 3.05) is 37.0 Å². The first-order valence-electron chi connectivity index (χ1n) is 11.0. The molecule has 1 amide bonds. The third-order valence-electron chi connectivity index (χ3n) is 6.12. The van der Waals surface area contributed by atoms with E-state index in [2.05, 4.69) is 56.2 Å². The summed E-state index contributed by atoms with van der Waals surface area (Å²) in [6, 6.07) is 8.74. The van der Waals surface area contributed by atoms with Gasteiger partial charge in [0.05, 0.1) is 24.7 Å². The van der Waals surface area contributed by atoms with E-state index in [1.807, 2.05) is 0 Å². The van der Waals surface area contributed by atoms with Gasteiger partial charge in [0.25, 0.3) is 0 Å². The Kier molecular flexibility index (Phi) is 5.69. The van der Waals surface area contributed by atoms with Gasteiger partial charge >= 0.3 is 0 Å². The van der Waals surface area contributed by atoms with Crippen molar-refractivity contribution in [3.05, 3.63) is 29.8 Å². The van der Waals surface area contributed by atoms with Crippen LogP contribution >= 0.6 is 11.8 Å². The third kappa shape index (κ3) is 4.49. The van der Waals surface area contributed by atoms with Gasteiger partial charge in [-0.1, -0.05) is 29.5 Å². The molecule has 0 radical (unpaired) electrons. The molecule has 30 heavy (non-hydrogen) atoms. The molecular weight excluding hydrogens is 398 g/mol. The Bertz CT molecular complexity index is 873. The van der Waals surface area contributed by atoms with Gasteiger partial charge in [0.2, 0.25) is 11.9 Å². The normalized spacial score (nSPS) is 19.3. The molecule has 7 nitrogen and oxygen atoms in total. The van der Waals surface area contributed by atoms with Crippen molar-refractivity contribution < 1.29 is 9.53 Å². The summed E-state index contributed by atoms with van der Waals surface area (Å²) in [7, 11) is 0. The highest BCUT2D eigenvalue weighted by Crippen LogP contribution is 2.44. The number of nitrogens with zero attached hydrogens (tertiary/aromatic N) is 4. The first kappa shape index (κ1) is 19.9. The third-order valence-corrected chi connectivity index (χ3v) is 7.05. The van der Waals surface area contributed by atoms with E-state index in [1.165, 1.54) is 43.0 Å². The van der Waals surface area contributed by atoms with Crippen LogP contribution in [0.4, 0.5) is 5.95 Å². The molecule has 1 aromatic carbocycles. The number of carbonyl (C=O) groups is 1. The summed E-state index contributed by atoms with van der Waals surface area (Å²) >= 11 is 1.46. The van der Waals surface area contributed by atoms with E-state index in [4.69, 9.17) is 4.74 Å². The average molecular weight is 428 g/mol. The zero-order valence-electron chi connectivity index (χ0n) is 17.4. The van der Waals surface area contributed by atoms with Gasteiger partial charge in [0.1, 0.15) is 0 Å². The summed E-state index contributed by atoms with van der Waals surface area (Å²) in [5, 5.41) is 13.0. The molecule has 0 bridgehead atoms. The lowest BCUT2D eigenvalue weighted by Gasteiger charge is -2.28. The number of aromatic nitrogens is 3. The van der Waals surface area contributed by atoms with Crippen LogP contribution < -0.4 is 10.2 Å². The predicted molar refractivity (Wildman–Crippen MR) is 117 cm³/mol. The minimum absolute atomic E-state index is 0.107. The fourth-order valence-electron chi connectivity index (χ4n) is 4.13. The number of anilines is 1. The van der Waals surface area contributed by atoms with E-state index in [0.29, 0.717) is 36.8 Å². The summed E-state index contributed by atoms with van der Waals surface area (Å²) in [6.45, 7) is 5.04. The van der Waals surface area contributed by atoms with Crippen LogP contribution in [-0.4, -0.2) is 58.8 Å². The Balaban J connectivity index is 1.32. The highest BCUT2D eigenvalue weighted by Gasteiger charge is 2.42. The fourth-order valence-corrected chi connectivity index (χ4v) is 4.89. The lowest BCUT2D eigenvalue weighted by atomic mass is 10.1. The molecule has 2 heterocycles. The molecule has 160 valence electrons. The quantitative estimate of drug-likeness (QED) is 0.653. The number of thioether (sulfide) groups is 1. The fraction of sp³-hybridized carbons (Fsp3) is 0.591. The molecule has 0 spiro atoms. The summed E-state index contributed by atoms with van der Waals surface area (Å²) in [6.07, 6.45) is 5.05. The van der Waals surface area contributed by atoms with E-state index in [1.54, 1.807) is 0 Å². The van der Waals surface area contributed by atoms with Crippen LogP contribution in [0.5, 0.6) is 0 Å². The van der Waals surface area contributed by atoms with Crippen molar-refractivity contribution in [2.45, 2.75) is 43.8 Å². The topological polar surface area (TPSA) is 72.3 Å². The molecule has 3 aliphatic rings. The Hall–Kier alpha value is -2.06. The first-order chi connectivity index (χ1) is 14.7. The number of morpholine rings is 1. The lowest BCUT2D eigenvalue weighted by Crippen LogP contribution is -2.39. The number of rotatable bonds is 8. The Morgan fingerprint density at radius 2 is 1.80 bits per heavy atom. The SMILES string of the molecule is Cc1ccc(-n2c(SCC(=O)NC(C3CC3)C3CC3)nnc2N2CCOCC2)cc1. The second-order valence-corrected chi connectivity index (χ2v) is 9.55. The van der Waals surface area contributed by atoms with Crippen molar-refractivity contribution in [2.24, 2.45) is 11.8 Å². The second kappa shape index (κ2) is 8.59. The lowest BCUT2D eigenvalue weighted by molar-refractivity contribution is -0.119. The number of hydrogen-bond acceptors (Lipinski definition) is 6. The van der Waals surface area contributed by atoms with Crippen LogP contribution in [0.15, 0.2) is 29.4 Å². The minimum Gasteiger partial charge on any atom is -0.378 e. The molecule has 1 aromatic heterocycles. The Morgan fingerprint density at radius 1 is 1.13 bits per heavy atom. The average Bonchev–Trinajstić information content (AvgIpc) is 3.70. The highest BCUT2D eigenvalue weighted by molar-refractivity contribution is 7.99. The van der Waals surface area contributed by atoms with Crippen molar-refractivity contribution in [1.29, 1.82) is 0 Å². The monoisotopic (exact) mass is 427 g/mol. The molecule has 3 fully saturated rings. The van der Waals surface area contributed by atoms with Crippen LogP contribution in [0.25, 0.3) is 5.69 Å². The maximum Gasteiger partial charge on any atom is 0.232 e. The van der Waals surface area contributed by atoms with Gasteiger partial charge < -0.3 is 15.0 Å². The van der Waals surface area contributed by atoms with E-state index < -0.39 is 0 Å². The van der Waals surface area contributed by atoms with Gasteiger partial charge in [-0.2, -0.15) is 0 Å². The molecule has 2 saturated carbocycles. The maximum atomic E-state index is 12.7. The molecule has 0 atom stereocenters. The summed E-state index contributed by atoms with van der Waals surface area (Å²) in [4.78, 5) is 14.9. The number of nitrogens with one attached hydrogen (secondary N) is 1. The maximum absolute atomic E-state index is 12.7. The van der Waals surface area contributed by atoms with E-state index in [0.717, 1.165) is 29.9 Å². The molecule has 5 rings (SSSR count). The number of ether oxygens (including phenoxy) is 1. The zero-order chi connectivity index (χ0) is 20.5. The van der Waals surface area contributed by atoms with Crippen molar-refractivity contribution >= 4 is 23.6 Å². The summed E-state index contributed by atoms with van der Waals surface area (Å²) in [5.41, 5.74) is 2.23. The van der Waals surface area contributed by atoms with E-state index in [-0.39, 0.29) is 5.91 Å². The van der Waals surface area contributed by atoms with Gasteiger partial charge in [-0.3, -0.25) is 9.36 Å². The van der Waals surface area contributed by atoms with Crippen molar-refractivity contribution in [3.8, 4) is 5.69 Å². The minimum atomic E-state index is 0.107. The van der Waals surface area contributed by atoms with Gasteiger partial charge in [-0.25, -0.2) is 0 Å². The van der Waals surface area contributed by atoms with Crippen LogP contribution in [0, 0.1) is 18.8 Å². The number of hydrogen-bond donors (Lipinski definition) is 1. The molecular formula is C22H29N5O2S. The van der Waals surface area contributed by atoms with Crippen molar-refractivity contribution in [1.82, 2.24) is 20.1 Å². The van der Waals surface area contributed by atoms with Gasteiger partial charge in [0.15, 0.2) is 5.16 Å². The van der Waals surface area contributed by atoms with Gasteiger partial charge in [0, 0.05) is 19.1 Å². The molecule has 1 aliphatic heterocycles. The van der Waals surface area contributed by atoms with Crippen LogP contribution in [0.1, 0.15) is 31.2 Å². The first-order valence-corrected chi connectivity index (χ1v) is 11.9. The van der Waals surface area contributed by atoms with Crippen LogP contribution in [0.2, 0.25) is 0 Å². The Morgan fingerprint density at radius 3 is 2.43 bits per heavy atom. The molecule has 0 unspecified atom stereocenters. The van der Waals surface area contributed by atoms with Crippen LogP contribution in [-0.2, 0) is 9.53 Å². The molecule has 2 aliphatic carbocycles. The van der Waals surface area contributed by atoms with Gasteiger partial charge in [-0.15, -0.1) is 10.2 Å². The predicted octanol–water partition coefficient (Wildman–Crippen LogP) is 2.81. The zero-order valence-corrected chi connectivity index (χ0v) is 18.2. The largest absolute Gasteiger partial charge is 0.378 e.